The highest BCUT2D eigenvalue weighted by molar-refractivity contribution is 7.89. The number of aliphatic hydroxyl groups excluding tert-OH is 1. The summed E-state index contributed by atoms with van der Waals surface area (Å²) in [6.45, 7) is -0.00635. The number of aromatic carboxylic acids is 1. The van der Waals surface area contributed by atoms with E-state index in [-0.39, 0.29) is 29.3 Å². The van der Waals surface area contributed by atoms with Crippen LogP contribution in [0.4, 0.5) is 5.69 Å². The van der Waals surface area contributed by atoms with Gasteiger partial charge in [-0.05, 0) is 31.0 Å². The molecule has 2 rings (SSSR count). The van der Waals surface area contributed by atoms with Crippen LogP contribution >= 0.6 is 0 Å². The molecule has 0 spiro atoms. The molecule has 1 saturated heterocycles. The number of carboxylic acids is 1. The fourth-order valence-corrected chi connectivity index (χ4v) is 4.39. The van der Waals surface area contributed by atoms with Crippen LogP contribution in [0.1, 0.15) is 29.6 Å². The van der Waals surface area contributed by atoms with Crippen LogP contribution in [-0.2, 0) is 10.0 Å². The number of carboxylic acid groups (broad SMARTS) is 1. The summed E-state index contributed by atoms with van der Waals surface area (Å²) in [5.41, 5.74) is 5.36. The van der Waals surface area contributed by atoms with E-state index in [1.807, 2.05) is 0 Å². The minimum atomic E-state index is -3.98. The number of nitrogens with two attached hydrogens (primary N) is 1. The van der Waals surface area contributed by atoms with Crippen molar-refractivity contribution < 1.29 is 23.4 Å². The highest BCUT2D eigenvalue weighted by atomic mass is 32.2. The Kier molecular flexibility index (Phi) is 4.50. The maximum Gasteiger partial charge on any atom is 0.337 e. The predicted molar refractivity (Wildman–Crippen MR) is 76.4 cm³/mol. The van der Waals surface area contributed by atoms with E-state index in [0.717, 1.165) is 12.5 Å². The lowest BCUT2D eigenvalue weighted by molar-refractivity contribution is 0.0692. The Labute approximate surface area is 123 Å². The van der Waals surface area contributed by atoms with E-state index < -0.39 is 22.0 Å². The summed E-state index contributed by atoms with van der Waals surface area (Å²) in [7, 11) is -3.98. The third kappa shape index (κ3) is 3.02. The van der Waals surface area contributed by atoms with Crippen molar-refractivity contribution in [3.63, 3.8) is 0 Å². The molecule has 1 aliphatic rings. The maximum absolute atomic E-state index is 12.7. The smallest absolute Gasteiger partial charge is 0.337 e. The van der Waals surface area contributed by atoms with E-state index in [2.05, 4.69) is 0 Å². The SMILES string of the molecule is Nc1ccc(S(=O)(=O)N2CCCCC2CO)c(C(=O)O)c1. The van der Waals surface area contributed by atoms with Gasteiger partial charge in [-0.3, -0.25) is 0 Å². The van der Waals surface area contributed by atoms with E-state index >= 15 is 0 Å². The molecule has 1 atom stereocenters. The molecule has 116 valence electrons. The van der Waals surface area contributed by atoms with Crippen molar-refractivity contribution in [1.29, 1.82) is 0 Å². The molecular formula is C13H18N2O5S. The molecule has 1 unspecified atom stereocenters. The van der Waals surface area contributed by atoms with Crippen LogP contribution in [0.2, 0.25) is 0 Å². The van der Waals surface area contributed by atoms with Crippen molar-refractivity contribution in [2.24, 2.45) is 0 Å². The van der Waals surface area contributed by atoms with Gasteiger partial charge in [-0.1, -0.05) is 6.42 Å². The Hall–Kier alpha value is -1.64. The largest absolute Gasteiger partial charge is 0.478 e. The van der Waals surface area contributed by atoms with Gasteiger partial charge >= 0.3 is 5.97 Å². The van der Waals surface area contributed by atoms with E-state index in [1.54, 1.807) is 0 Å². The first-order valence-electron chi connectivity index (χ1n) is 6.63. The molecular weight excluding hydrogens is 296 g/mol. The molecule has 1 heterocycles. The van der Waals surface area contributed by atoms with Gasteiger partial charge in [-0.2, -0.15) is 4.31 Å². The molecule has 0 radical (unpaired) electrons. The maximum atomic E-state index is 12.7. The average Bonchev–Trinajstić information content (AvgIpc) is 2.46. The molecule has 0 aliphatic carbocycles. The van der Waals surface area contributed by atoms with Crippen LogP contribution < -0.4 is 5.73 Å². The quantitative estimate of drug-likeness (QED) is 0.696. The lowest BCUT2D eigenvalue weighted by Gasteiger charge is -2.33. The van der Waals surface area contributed by atoms with E-state index in [1.165, 1.54) is 16.4 Å². The summed E-state index contributed by atoms with van der Waals surface area (Å²) in [6, 6.07) is 3.18. The third-order valence-corrected chi connectivity index (χ3v) is 5.61. The normalized spacial score (nSPS) is 20.3. The van der Waals surface area contributed by atoms with Crippen LogP contribution in [0.25, 0.3) is 0 Å². The van der Waals surface area contributed by atoms with Crippen LogP contribution in [0.3, 0.4) is 0 Å². The third-order valence-electron chi connectivity index (χ3n) is 3.60. The first kappa shape index (κ1) is 15.7. The number of aliphatic hydroxyl groups is 1. The lowest BCUT2D eigenvalue weighted by atomic mass is 10.1. The van der Waals surface area contributed by atoms with Gasteiger partial charge in [0.25, 0.3) is 0 Å². The number of hydrogen-bond donors (Lipinski definition) is 3. The summed E-state index contributed by atoms with van der Waals surface area (Å²) >= 11 is 0. The molecule has 0 amide bonds. The average molecular weight is 314 g/mol. The molecule has 1 aliphatic heterocycles. The number of piperidine rings is 1. The van der Waals surface area contributed by atoms with Gasteiger partial charge in [-0.15, -0.1) is 0 Å². The molecule has 0 saturated carbocycles. The lowest BCUT2D eigenvalue weighted by Crippen LogP contribution is -2.45. The molecule has 21 heavy (non-hydrogen) atoms. The van der Waals surface area contributed by atoms with Gasteiger partial charge in [-0.25, -0.2) is 13.2 Å². The first-order valence-corrected chi connectivity index (χ1v) is 8.07. The highest BCUT2D eigenvalue weighted by Gasteiger charge is 2.35. The molecule has 4 N–H and O–H groups in total. The number of nitrogen functional groups attached to an aromatic ring is 1. The van der Waals surface area contributed by atoms with Crippen molar-refractivity contribution in [3.05, 3.63) is 23.8 Å². The summed E-state index contributed by atoms with van der Waals surface area (Å²) in [5.74, 6) is -1.35. The van der Waals surface area contributed by atoms with E-state index in [9.17, 15) is 23.4 Å². The summed E-state index contributed by atoms with van der Waals surface area (Å²) in [4.78, 5) is 11.0. The number of sulfonamides is 1. The Balaban J connectivity index is 2.51. The standard InChI is InChI=1S/C13H18N2O5S/c14-9-4-5-12(11(7-9)13(17)18)21(19,20)15-6-2-1-3-10(15)8-16/h4-5,7,10,16H,1-3,6,8,14H2,(H,17,18). The number of rotatable bonds is 4. The Morgan fingerprint density at radius 3 is 2.71 bits per heavy atom. The van der Waals surface area contributed by atoms with Crippen molar-refractivity contribution in [2.45, 2.75) is 30.2 Å². The van der Waals surface area contributed by atoms with Crippen molar-refractivity contribution in [1.82, 2.24) is 4.31 Å². The second-order valence-corrected chi connectivity index (χ2v) is 6.87. The summed E-state index contributed by atoms with van der Waals surface area (Å²) in [5, 5.41) is 18.5. The predicted octanol–water partition coefficient (Wildman–Crippen LogP) is 0.503. The van der Waals surface area contributed by atoms with Crippen molar-refractivity contribution in [3.8, 4) is 0 Å². The van der Waals surface area contributed by atoms with Crippen LogP contribution in [0.5, 0.6) is 0 Å². The number of nitrogens with zero attached hydrogens (tertiary/aromatic N) is 1. The molecule has 0 bridgehead atoms. The van der Waals surface area contributed by atoms with Crippen LogP contribution in [0, 0.1) is 0 Å². The van der Waals surface area contributed by atoms with Crippen LogP contribution in [0.15, 0.2) is 23.1 Å². The molecule has 8 heteroatoms. The van der Waals surface area contributed by atoms with Crippen molar-refractivity contribution >= 4 is 21.7 Å². The summed E-state index contributed by atoms with van der Waals surface area (Å²) < 4.78 is 26.6. The fraction of sp³-hybridized carbons (Fsp3) is 0.462. The van der Waals surface area contributed by atoms with E-state index in [4.69, 9.17) is 5.73 Å². The second-order valence-electron chi connectivity index (χ2n) is 5.01. The van der Waals surface area contributed by atoms with Gasteiger partial charge < -0.3 is 15.9 Å². The first-order chi connectivity index (χ1) is 9.87. The molecule has 1 aromatic rings. The highest BCUT2D eigenvalue weighted by Crippen LogP contribution is 2.28. The number of hydrogen-bond acceptors (Lipinski definition) is 5. The number of carbonyl (C=O) groups is 1. The zero-order valence-corrected chi connectivity index (χ0v) is 12.2. The number of benzene rings is 1. The van der Waals surface area contributed by atoms with Crippen LogP contribution in [-0.4, -0.2) is 48.1 Å². The topological polar surface area (TPSA) is 121 Å². The zero-order valence-electron chi connectivity index (χ0n) is 11.4. The van der Waals surface area contributed by atoms with Gasteiger partial charge in [0, 0.05) is 18.3 Å². The number of anilines is 1. The molecule has 1 aromatic carbocycles. The Bertz CT molecular complexity index is 644. The molecule has 0 aromatic heterocycles. The molecule has 7 nitrogen and oxygen atoms in total. The monoisotopic (exact) mass is 314 g/mol. The van der Waals surface area contributed by atoms with E-state index in [0.29, 0.717) is 12.8 Å². The van der Waals surface area contributed by atoms with Gasteiger partial charge in [0.2, 0.25) is 10.0 Å². The van der Waals surface area contributed by atoms with Gasteiger partial charge in [0.15, 0.2) is 0 Å². The minimum absolute atomic E-state index is 0.184. The zero-order chi connectivity index (χ0) is 15.6. The summed E-state index contributed by atoms with van der Waals surface area (Å²) in [6.07, 6.45) is 2.09. The fourth-order valence-electron chi connectivity index (χ4n) is 2.54. The van der Waals surface area contributed by atoms with Gasteiger partial charge in [0.05, 0.1) is 17.1 Å². The Morgan fingerprint density at radius 2 is 2.10 bits per heavy atom. The minimum Gasteiger partial charge on any atom is -0.478 e. The Morgan fingerprint density at radius 1 is 1.38 bits per heavy atom. The molecule has 1 fully saturated rings. The van der Waals surface area contributed by atoms with Crippen molar-refractivity contribution in [2.75, 3.05) is 18.9 Å². The second kappa shape index (κ2) is 6.00. The van der Waals surface area contributed by atoms with Gasteiger partial charge in [0.1, 0.15) is 0 Å².